The molecule has 1 aromatic heterocycles. The quantitative estimate of drug-likeness (QED) is 0.635. The minimum atomic E-state index is -0.471. The second-order valence-electron chi connectivity index (χ2n) is 2.09. The van der Waals surface area contributed by atoms with Gasteiger partial charge < -0.3 is 5.73 Å². The van der Waals surface area contributed by atoms with Gasteiger partial charge in [0.15, 0.2) is 0 Å². The number of rotatable bonds is 1. The second kappa shape index (κ2) is 3.49. The molecule has 1 heterocycles. The lowest BCUT2D eigenvalue weighted by Crippen LogP contribution is -1.94. The molecular formula is C8H6FN3. The number of aromatic nitrogens is 1. The lowest BCUT2D eigenvalue weighted by atomic mass is 10.2. The Morgan fingerprint density at radius 2 is 2.42 bits per heavy atom. The molecule has 2 N–H and O–H groups in total. The van der Waals surface area contributed by atoms with Gasteiger partial charge in [-0.25, -0.2) is 9.37 Å². The third-order valence-corrected chi connectivity index (χ3v) is 1.25. The maximum atomic E-state index is 12.5. The van der Waals surface area contributed by atoms with Gasteiger partial charge in [0.1, 0.15) is 11.6 Å². The summed E-state index contributed by atoms with van der Waals surface area (Å²) in [6.45, 7) is 0. The van der Waals surface area contributed by atoms with Gasteiger partial charge in [-0.1, -0.05) is 0 Å². The number of anilines is 1. The van der Waals surface area contributed by atoms with Crippen LogP contribution >= 0.6 is 0 Å². The van der Waals surface area contributed by atoms with E-state index in [1.54, 1.807) is 6.07 Å². The Balaban J connectivity index is 3.07. The fraction of sp³-hybridized carbons (Fsp3) is 0. The predicted molar refractivity (Wildman–Crippen MR) is 43.3 cm³/mol. The highest BCUT2D eigenvalue weighted by atomic mass is 19.1. The first-order valence-electron chi connectivity index (χ1n) is 3.21. The van der Waals surface area contributed by atoms with E-state index in [4.69, 9.17) is 11.0 Å². The first-order valence-corrected chi connectivity index (χ1v) is 3.21. The van der Waals surface area contributed by atoms with E-state index in [9.17, 15) is 4.39 Å². The molecule has 0 amide bonds. The lowest BCUT2D eigenvalue weighted by molar-refractivity contribution is 0.621. The third-order valence-electron chi connectivity index (χ3n) is 1.25. The molecule has 3 nitrogen and oxygen atoms in total. The SMILES string of the molecule is N#CC=Cc1cc(F)cnc1N. The lowest BCUT2D eigenvalue weighted by Gasteiger charge is -1.96. The van der Waals surface area contributed by atoms with Gasteiger partial charge in [-0.2, -0.15) is 5.26 Å². The van der Waals surface area contributed by atoms with Gasteiger partial charge in [0.05, 0.1) is 12.3 Å². The summed E-state index contributed by atoms with van der Waals surface area (Å²) >= 11 is 0. The molecule has 0 saturated heterocycles. The van der Waals surface area contributed by atoms with E-state index in [0.717, 1.165) is 6.20 Å². The molecule has 12 heavy (non-hydrogen) atoms. The molecule has 0 spiro atoms. The van der Waals surface area contributed by atoms with E-state index in [1.165, 1.54) is 18.2 Å². The number of allylic oxidation sites excluding steroid dienone is 1. The van der Waals surface area contributed by atoms with Crippen LogP contribution in [0.3, 0.4) is 0 Å². The molecule has 0 saturated carbocycles. The van der Waals surface area contributed by atoms with Crippen molar-refractivity contribution in [2.24, 2.45) is 0 Å². The molecule has 0 fully saturated rings. The Morgan fingerprint density at radius 3 is 3.08 bits per heavy atom. The molecule has 0 aliphatic carbocycles. The second-order valence-corrected chi connectivity index (χ2v) is 2.09. The van der Waals surface area contributed by atoms with Gasteiger partial charge in [0.25, 0.3) is 0 Å². The van der Waals surface area contributed by atoms with Crippen molar-refractivity contribution in [1.82, 2.24) is 4.98 Å². The van der Waals surface area contributed by atoms with Crippen LogP contribution in [0.2, 0.25) is 0 Å². The maximum Gasteiger partial charge on any atom is 0.142 e. The van der Waals surface area contributed by atoms with E-state index < -0.39 is 5.82 Å². The van der Waals surface area contributed by atoms with Crippen molar-refractivity contribution in [2.45, 2.75) is 0 Å². The monoisotopic (exact) mass is 163 g/mol. The molecule has 0 bridgehead atoms. The van der Waals surface area contributed by atoms with Gasteiger partial charge in [0.2, 0.25) is 0 Å². The highest BCUT2D eigenvalue weighted by Gasteiger charge is 1.97. The van der Waals surface area contributed by atoms with Crippen LogP contribution in [-0.4, -0.2) is 4.98 Å². The van der Waals surface area contributed by atoms with Crippen molar-refractivity contribution in [3.8, 4) is 6.07 Å². The Labute approximate surface area is 69.0 Å². The Kier molecular flexibility index (Phi) is 2.38. The van der Waals surface area contributed by atoms with Crippen LogP contribution in [0.1, 0.15) is 5.56 Å². The minimum absolute atomic E-state index is 0.211. The molecule has 0 unspecified atom stereocenters. The Morgan fingerprint density at radius 1 is 1.67 bits per heavy atom. The fourth-order valence-electron chi connectivity index (χ4n) is 0.726. The number of nitrogens with two attached hydrogens (primary N) is 1. The fourth-order valence-corrected chi connectivity index (χ4v) is 0.726. The van der Waals surface area contributed by atoms with Crippen molar-refractivity contribution in [2.75, 3.05) is 5.73 Å². The maximum absolute atomic E-state index is 12.5. The zero-order chi connectivity index (χ0) is 8.97. The number of pyridine rings is 1. The van der Waals surface area contributed by atoms with Gasteiger partial charge in [0, 0.05) is 11.6 Å². The molecule has 0 atom stereocenters. The minimum Gasteiger partial charge on any atom is -0.383 e. The summed E-state index contributed by atoms with van der Waals surface area (Å²) in [4.78, 5) is 3.57. The van der Waals surface area contributed by atoms with Crippen molar-refractivity contribution < 1.29 is 4.39 Å². The van der Waals surface area contributed by atoms with Crippen molar-refractivity contribution in [3.63, 3.8) is 0 Å². The standard InChI is InChI=1S/C8H6FN3/c9-7-4-6(2-1-3-10)8(11)12-5-7/h1-2,4-5H,(H2,11,12). The van der Waals surface area contributed by atoms with Crippen molar-refractivity contribution >= 4 is 11.9 Å². The largest absolute Gasteiger partial charge is 0.383 e. The summed E-state index contributed by atoms with van der Waals surface area (Å²) in [5, 5.41) is 8.20. The van der Waals surface area contributed by atoms with Crippen LogP contribution in [0, 0.1) is 17.1 Å². The zero-order valence-corrected chi connectivity index (χ0v) is 6.16. The summed E-state index contributed by atoms with van der Waals surface area (Å²) in [6, 6.07) is 2.99. The van der Waals surface area contributed by atoms with Gasteiger partial charge in [-0.05, 0) is 12.1 Å². The Bertz CT molecular complexity index is 352. The molecule has 1 rings (SSSR count). The van der Waals surface area contributed by atoms with Crippen LogP contribution in [0.5, 0.6) is 0 Å². The number of hydrogen-bond donors (Lipinski definition) is 1. The summed E-state index contributed by atoms with van der Waals surface area (Å²) in [5.41, 5.74) is 5.81. The summed E-state index contributed by atoms with van der Waals surface area (Å²) in [6.07, 6.45) is 3.65. The molecule has 0 aliphatic rings. The van der Waals surface area contributed by atoms with Crippen LogP contribution in [-0.2, 0) is 0 Å². The highest BCUT2D eigenvalue weighted by Crippen LogP contribution is 2.11. The van der Waals surface area contributed by atoms with Crippen molar-refractivity contribution in [3.05, 3.63) is 29.7 Å². The van der Waals surface area contributed by atoms with Crippen LogP contribution in [0.25, 0.3) is 6.08 Å². The van der Waals surface area contributed by atoms with E-state index in [0.29, 0.717) is 5.56 Å². The van der Waals surface area contributed by atoms with E-state index in [-0.39, 0.29) is 5.82 Å². The smallest absolute Gasteiger partial charge is 0.142 e. The van der Waals surface area contributed by atoms with Crippen LogP contribution in [0.15, 0.2) is 18.3 Å². The topological polar surface area (TPSA) is 62.7 Å². The summed E-state index contributed by atoms with van der Waals surface area (Å²) in [7, 11) is 0. The van der Waals surface area contributed by atoms with Crippen molar-refractivity contribution in [1.29, 1.82) is 5.26 Å². The van der Waals surface area contributed by atoms with Gasteiger partial charge >= 0.3 is 0 Å². The third kappa shape index (κ3) is 1.80. The number of nitrogens with zero attached hydrogens (tertiary/aromatic N) is 2. The number of nitriles is 1. The van der Waals surface area contributed by atoms with E-state index in [1.807, 2.05) is 0 Å². The molecule has 0 aromatic carbocycles. The molecular weight excluding hydrogens is 157 g/mol. The highest BCUT2D eigenvalue weighted by molar-refractivity contribution is 5.61. The van der Waals surface area contributed by atoms with E-state index in [2.05, 4.69) is 4.98 Å². The Hall–Kier alpha value is -1.89. The first-order chi connectivity index (χ1) is 5.74. The molecule has 0 aliphatic heterocycles. The average molecular weight is 163 g/mol. The van der Waals surface area contributed by atoms with Gasteiger partial charge in [-0.3, -0.25) is 0 Å². The van der Waals surface area contributed by atoms with Crippen LogP contribution < -0.4 is 5.73 Å². The number of nitrogen functional groups attached to an aromatic ring is 1. The summed E-state index contributed by atoms with van der Waals surface area (Å²) < 4.78 is 12.5. The molecule has 0 radical (unpaired) electrons. The predicted octanol–water partition coefficient (Wildman–Crippen LogP) is 1.34. The van der Waals surface area contributed by atoms with Crippen LogP contribution in [0.4, 0.5) is 10.2 Å². The first kappa shape index (κ1) is 8.21. The zero-order valence-electron chi connectivity index (χ0n) is 6.16. The van der Waals surface area contributed by atoms with Gasteiger partial charge in [-0.15, -0.1) is 0 Å². The number of halogens is 1. The summed E-state index contributed by atoms with van der Waals surface area (Å²) in [5.74, 6) is -0.260. The molecule has 4 heteroatoms. The number of hydrogen-bond acceptors (Lipinski definition) is 3. The normalized spacial score (nSPS) is 10.0. The molecule has 1 aromatic rings. The average Bonchev–Trinajstić information content (AvgIpc) is 2.07. The molecule has 60 valence electrons. The van der Waals surface area contributed by atoms with E-state index >= 15 is 0 Å².